The molecule has 5 rings (SSSR count). The van der Waals surface area contributed by atoms with Gasteiger partial charge in [-0.15, -0.1) is 0 Å². The van der Waals surface area contributed by atoms with Crippen LogP contribution in [0, 0.1) is 5.92 Å². The summed E-state index contributed by atoms with van der Waals surface area (Å²) in [6.07, 6.45) is 5.93. The van der Waals surface area contributed by atoms with Crippen LogP contribution >= 0.6 is 11.8 Å². The van der Waals surface area contributed by atoms with Crippen LogP contribution in [0.15, 0.2) is 54.6 Å². The van der Waals surface area contributed by atoms with E-state index >= 15 is 0 Å². The lowest BCUT2D eigenvalue weighted by molar-refractivity contribution is 0.0527. The zero-order valence-electron chi connectivity index (χ0n) is 16.5. The molecule has 1 aliphatic carbocycles. The Labute approximate surface area is 175 Å². The molecule has 4 nitrogen and oxygen atoms in total. The number of hydrogen-bond donors (Lipinski definition) is 1. The Kier molecular flexibility index (Phi) is 5.00. The summed E-state index contributed by atoms with van der Waals surface area (Å²) < 4.78 is 11.3. The maximum Gasteiger partial charge on any atom is 0.340 e. The van der Waals surface area contributed by atoms with Gasteiger partial charge in [0.25, 0.3) is 0 Å². The molecule has 1 fully saturated rings. The Balaban J connectivity index is 1.46. The summed E-state index contributed by atoms with van der Waals surface area (Å²) in [5, 5.41) is 3.69. The van der Waals surface area contributed by atoms with Gasteiger partial charge in [0.2, 0.25) is 0 Å². The van der Waals surface area contributed by atoms with Crippen molar-refractivity contribution in [3.8, 4) is 5.75 Å². The molecule has 3 aliphatic rings. The molecular weight excluding hydrogens is 382 g/mol. The number of benzene rings is 2. The van der Waals surface area contributed by atoms with Crippen LogP contribution in [-0.4, -0.2) is 30.2 Å². The molecule has 0 bridgehead atoms. The molecule has 0 amide bonds. The van der Waals surface area contributed by atoms with Gasteiger partial charge in [0.15, 0.2) is 0 Å². The molecule has 29 heavy (non-hydrogen) atoms. The number of para-hydroxylation sites is 1. The number of anilines is 1. The third-order valence-corrected chi connectivity index (χ3v) is 7.26. The summed E-state index contributed by atoms with van der Waals surface area (Å²) in [5.74, 6) is 3.58. The van der Waals surface area contributed by atoms with E-state index in [0.717, 1.165) is 29.4 Å². The lowest BCUT2D eigenvalue weighted by Gasteiger charge is -2.38. The van der Waals surface area contributed by atoms with Gasteiger partial charge in [0, 0.05) is 17.4 Å². The van der Waals surface area contributed by atoms with Gasteiger partial charge in [-0.05, 0) is 48.6 Å². The van der Waals surface area contributed by atoms with Crippen LogP contribution in [0.4, 0.5) is 5.69 Å². The summed E-state index contributed by atoms with van der Waals surface area (Å²) in [6, 6.07) is 14.6. The number of nitrogens with one attached hydrogen (secondary N) is 1. The molecule has 3 atom stereocenters. The molecule has 2 aromatic carbocycles. The molecule has 0 unspecified atom stereocenters. The Morgan fingerprint density at radius 2 is 2.00 bits per heavy atom. The summed E-state index contributed by atoms with van der Waals surface area (Å²) >= 11 is 1.92. The lowest BCUT2D eigenvalue weighted by Crippen LogP contribution is -2.31. The zero-order valence-corrected chi connectivity index (χ0v) is 17.3. The summed E-state index contributed by atoms with van der Waals surface area (Å²) in [6.45, 7) is 2.21. The summed E-state index contributed by atoms with van der Waals surface area (Å²) in [4.78, 5) is 12.5. The highest BCUT2D eigenvalue weighted by molar-refractivity contribution is 8.00. The van der Waals surface area contributed by atoms with E-state index in [1.54, 1.807) is 0 Å². The van der Waals surface area contributed by atoms with Gasteiger partial charge >= 0.3 is 5.97 Å². The minimum atomic E-state index is -0.266. The van der Waals surface area contributed by atoms with E-state index in [9.17, 15) is 4.79 Å². The number of fused-ring (bicyclic) bond motifs is 3. The average Bonchev–Trinajstić information content (AvgIpc) is 3.20. The van der Waals surface area contributed by atoms with Gasteiger partial charge in [0.05, 0.1) is 23.9 Å². The summed E-state index contributed by atoms with van der Waals surface area (Å²) in [5.41, 5.74) is 3.95. The molecule has 0 spiro atoms. The second-order valence-corrected chi connectivity index (χ2v) is 8.89. The van der Waals surface area contributed by atoms with Gasteiger partial charge in [-0.1, -0.05) is 36.4 Å². The number of carbonyl (C=O) groups is 1. The predicted molar refractivity (Wildman–Crippen MR) is 117 cm³/mol. The maximum atomic E-state index is 12.5. The molecule has 1 N–H and O–H groups in total. The van der Waals surface area contributed by atoms with Crippen molar-refractivity contribution in [1.29, 1.82) is 0 Å². The number of thioether (sulfide) groups is 1. The van der Waals surface area contributed by atoms with Crippen molar-refractivity contribution in [2.24, 2.45) is 5.92 Å². The smallest absolute Gasteiger partial charge is 0.340 e. The zero-order chi connectivity index (χ0) is 19.8. The van der Waals surface area contributed by atoms with Crippen molar-refractivity contribution in [3.05, 3.63) is 71.3 Å². The molecule has 2 aliphatic heterocycles. The Hall–Kier alpha value is -2.40. The van der Waals surface area contributed by atoms with E-state index in [-0.39, 0.29) is 12.0 Å². The number of carbonyl (C=O) groups excluding carboxylic acids is 1. The second kappa shape index (κ2) is 7.79. The van der Waals surface area contributed by atoms with E-state index in [0.29, 0.717) is 30.1 Å². The minimum absolute atomic E-state index is 0.145. The van der Waals surface area contributed by atoms with Crippen LogP contribution < -0.4 is 10.1 Å². The molecule has 0 saturated carbocycles. The fourth-order valence-electron chi connectivity index (χ4n) is 4.56. The first-order chi connectivity index (χ1) is 14.2. The van der Waals surface area contributed by atoms with Crippen LogP contribution in [0.5, 0.6) is 5.75 Å². The van der Waals surface area contributed by atoms with E-state index in [1.807, 2.05) is 30.8 Å². The lowest BCUT2D eigenvalue weighted by atomic mass is 9.76. The molecule has 2 heterocycles. The molecule has 5 heteroatoms. The molecular formula is C24H25NO3S. The highest BCUT2D eigenvalue weighted by Crippen LogP contribution is 2.50. The highest BCUT2D eigenvalue weighted by Gasteiger charge is 2.39. The molecule has 150 valence electrons. The molecule has 1 saturated heterocycles. The third-order valence-electron chi connectivity index (χ3n) is 6.04. The fraction of sp³-hybridized carbons (Fsp3) is 0.375. The third kappa shape index (κ3) is 3.42. The minimum Gasteiger partial charge on any atom is -0.489 e. The van der Waals surface area contributed by atoms with Crippen LogP contribution in [-0.2, 0) is 4.74 Å². The van der Waals surface area contributed by atoms with Gasteiger partial charge in [-0.3, -0.25) is 0 Å². The number of allylic oxidation sites excluding steroid dienone is 2. The SMILES string of the molecule is CCOC(=O)c1cccc2c1N[C@@H](c1ccc(OC3CSC3)cc1)[C@H]1CC=C[C@@H]21. The van der Waals surface area contributed by atoms with Crippen molar-refractivity contribution < 1.29 is 14.3 Å². The quantitative estimate of drug-likeness (QED) is 0.546. The molecule has 0 radical (unpaired) electrons. The maximum absolute atomic E-state index is 12.5. The molecule has 0 aromatic heterocycles. The van der Waals surface area contributed by atoms with Crippen LogP contribution in [0.3, 0.4) is 0 Å². The topological polar surface area (TPSA) is 47.6 Å². The standard InChI is InChI=1S/C24H25NO3S/c1-2-27-24(26)21-8-4-7-20-18-5-3-6-19(18)22(25-23(20)21)15-9-11-16(12-10-15)28-17-13-29-14-17/h3-5,7-12,17-19,22,25H,2,6,13-14H2,1H3/t18-,19+,22+/m1/s1. The van der Waals surface area contributed by atoms with Crippen LogP contribution in [0.2, 0.25) is 0 Å². The predicted octanol–water partition coefficient (Wildman–Crippen LogP) is 5.18. The largest absolute Gasteiger partial charge is 0.489 e. The summed E-state index contributed by atoms with van der Waals surface area (Å²) in [7, 11) is 0. The monoisotopic (exact) mass is 407 g/mol. The number of esters is 1. The van der Waals surface area contributed by atoms with Crippen molar-refractivity contribution in [2.45, 2.75) is 31.4 Å². The van der Waals surface area contributed by atoms with E-state index < -0.39 is 0 Å². The van der Waals surface area contributed by atoms with Crippen molar-refractivity contribution >= 4 is 23.4 Å². The Morgan fingerprint density at radius 1 is 1.17 bits per heavy atom. The van der Waals surface area contributed by atoms with Gasteiger partial charge < -0.3 is 14.8 Å². The van der Waals surface area contributed by atoms with E-state index in [4.69, 9.17) is 9.47 Å². The normalized spacial score (nSPS) is 24.8. The average molecular weight is 408 g/mol. The first kappa shape index (κ1) is 18.6. The number of rotatable bonds is 5. The Morgan fingerprint density at radius 3 is 2.72 bits per heavy atom. The number of ether oxygens (including phenoxy) is 2. The van der Waals surface area contributed by atoms with Gasteiger partial charge in [-0.2, -0.15) is 11.8 Å². The first-order valence-electron chi connectivity index (χ1n) is 10.3. The second-order valence-electron chi connectivity index (χ2n) is 7.81. The van der Waals surface area contributed by atoms with Crippen LogP contribution in [0.25, 0.3) is 0 Å². The fourth-order valence-corrected chi connectivity index (χ4v) is 5.12. The van der Waals surface area contributed by atoms with Crippen LogP contribution in [0.1, 0.15) is 46.8 Å². The van der Waals surface area contributed by atoms with Crippen molar-refractivity contribution in [1.82, 2.24) is 0 Å². The Bertz CT molecular complexity index is 936. The molecule has 2 aromatic rings. The van der Waals surface area contributed by atoms with E-state index in [1.165, 1.54) is 11.1 Å². The van der Waals surface area contributed by atoms with Gasteiger partial charge in [0.1, 0.15) is 11.9 Å². The highest BCUT2D eigenvalue weighted by atomic mass is 32.2. The van der Waals surface area contributed by atoms with Crippen molar-refractivity contribution in [3.63, 3.8) is 0 Å². The number of hydrogen-bond acceptors (Lipinski definition) is 5. The van der Waals surface area contributed by atoms with Gasteiger partial charge in [-0.25, -0.2) is 4.79 Å². The van der Waals surface area contributed by atoms with E-state index in [2.05, 4.69) is 47.8 Å². The first-order valence-corrected chi connectivity index (χ1v) is 11.5. The van der Waals surface area contributed by atoms with Crippen molar-refractivity contribution in [2.75, 3.05) is 23.4 Å².